The zero-order chi connectivity index (χ0) is 16.7. The van der Waals surface area contributed by atoms with Gasteiger partial charge in [0.2, 0.25) is 0 Å². The Hall–Kier alpha value is -2.40. The van der Waals surface area contributed by atoms with E-state index < -0.39 is 11.8 Å². The van der Waals surface area contributed by atoms with Crippen LogP contribution in [0.4, 0.5) is 4.39 Å². The van der Waals surface area contributed by atoms with Crippen LogP contribution in [0.15, 0.2) is 48.5 Å². The van der Waals surface area contributed by atoms with Crippen molar-refractivity contribution in [3.05, 3.63) is 64.9 Å². The highest BCUT2D eigenvalue weighted by Crippen LogP contribution is 2.12. The van der Waals surface area contributed by atoms with Crippen LogP contribution in [0.3, 0.4) is 0 Å². The molecule has 0 aliphatic heterocycles. The molecule has 0 heterocycles. The van der Waals surface area contributed by atoms with Crippen molar-refractivity contribution in [2.75, 3.05) is 6.54 Å². The summed E-state index contributed by atoms with van der Waals surface area (Å²) in [7, 11) is 0. The van der Waals surface area contributed by atoms with Gasteiger partial charge in [-0.2, -0.15) is 0 Å². The second-order valence-electron chi connectivity index (χ2n) is 4.79. The van der Waals surface area contributed by atoms with Gasteiger partial charge in [0.15, 0.2) is 0 Å². The first-order valence-electron chi connectivity index (χ1n) is 7.04. The Bertz CT molecular complexity index is 671. The summed E-state index contributed by atoms with van der Waals surface area (Å²) in [6, 6.07) is 11.7. The fraction of sp³-hybridized carbons (Fsp3) is 0.176. The van der Waals surface area contributed by atoms with Crippen LogP contribution in [0.2, 0.25) is 5.02 Å². The number of rotatable bonds is 6. The first-order chi connectivity index (χ1) is 11.0. The summed E-state index contributed by atoms with van der Waals surface area (Å²) in [5.74, 6) is -0.762. The Morgan fingerprint density at radius 3 is 2.35 bits per heavy atom. The molecule has 0 radical (unpaired) electrons. The highest BCUT2D eigenvalue weighted by atomic mass is 35.5. The van der Waals surface area contributed by atoms with E-state index in [2.05, 4.69) is 5.32 Å². The lowest BCUT2D eigenvalue weighted by Crippen LogP contribution is -2.25. The van der Waals surface area contributed by atoms with Gasteiger partial charge in [-0.25, -0.2) is 4.39 Å². The van der Waals surface area contributed by atoms with E-state index >= 15 is 0 Å². The highest BCUT2D eigenvalue weighted by molar-refractivity contribution is 6.30. The SMILES string of the molecule is O=C(CCCNC(=O)c1ccc(Cl)cc1)Oc1ccc(F)cc1. The lowest BCUT2D eigenvalue weighted by atomic mass is 10.2. The monoisotopic (exact) mass is 335 g/mol. The summed E-state index contributed by atoms with van der Waals surface area (Å²) in [6.45, 7) is 0.347. The van der Waals surface area contributed by atoms with Gasteiger partial charge in [0.25, 0.3) is 5.91 Å². The van der Waals surface area contributed by atoms with Crippen LogP contribution in [0.5, 0.6) is 5.75 Å². The lowest BCUT2D eigenvalue weighted by molar-refractivity contribution is -0.134. The van der Waals surface area contributed by atoms with Crippen molar-refractivity contribution in [3.63, 3.8) is 0 Å². The van der Waals surface area contributed by atoms with E-state index in [0.29, 0.717) is 29.3 Å². The molecule has 0 atom stereocenters. The maximum atomic E-state index is 12.7. The molecule has 0 fully saturated rings. The molecule has 0 saturated carbocycles. The Morgan fingerprint density at radius 1 is 1.04 bits per heavy atom. The number of benzene rings is 2. The minimum absolute atomic E-state index is 0.151. The van der Waals surface area contributed by atoms with Crippen molar-refractivity contribution in [1.82, 2.24) is 5.32 Å². The van der Waals surface area contributed by atoms with Crippen molar-refractivity contribution in [3.8, 4) is 5.75 Å². The number of esters is 1. The van der Waals surface area contributed by atoms with Crippen LogP contribution >= 0.6 is 11.6 Å². The standard InChI is InChI=1S/C17H15ClFNO3/c18-13-5-3-12(4-6-13)17(22)20-11-1-2-16(21)23-15-9-7-14(19)8-10-15/h3-10H,1-2,11H2,(H,20,22). The third-order valence-electron chi connectivity index (χ3n) is 2.99. The lowest BCUT2D eigenvalue weighted by Gasteiger charge is -2.06. The number of hydrogen-bond acceptors (Lipinski definition) is 3. The Morgan fingerprint density at radius 2 is 1.70 bits per heavy atom. The van der Waals surface area contributed by atoms with E-state index in [4.69, 9.17) is 16.3 Å². The van der Waals surface area contributed by atoms with Crippen LogP contribution in [-0.2, 0) is 4.79 Å². The summed E-state index contributed by atoms with van der Waals surface area (Å²) in [6.07, 6.45) is 0.595. The molecular formula is C17H15ClFNO3. The molecule has 0 aliphatic carbocycles. The topological polar surface area (TPSA) is 55.4 Å². The third-order valence-corrected chi connectivity index (χ3v) is 3.25. The quantitative estimate of drug-likeness (QED) is 0.498. The van der Waals surface area contributed by atoms with Crippen molar-refractivity contribution < 1.29 is 18.7 Å². The molecule has 4 nitrogen and oxygen atoms in total. The number of nitrogens with one attached hydrogen (secondary N) is 1. The van der Waals surface area contributed by atoms with Crippen LogP contribution in [0.1, 0.15) is 23.2 Å². The van der Waals surface area contributed by atoms with Gasteiger partial charge in [-0.3, -0.25) is 9.59 Å². The summed E-state index contributed by atoms with van der Waals surface area (Å²) in [5.41, 5.74) is 0.503. The van der Waals surface area contributed by atoms with Gasteiger partial charge >= 0.3 is 5.97 Å². The van der Waals surface area contributed by atoms with Gasteiger partial charge in [-0.1, -0.05) is 11.6 Å². The fourth-order valence-corrected chi connectivity index (χ4v) is 1.95. The normalized spacial score (nSPS) is 10.2. The van der Waals surface area contributed by atoms with Gasteiger partial charge in [-0.15, -0.1) is 0 Å². The summed E-state index contributed by atoms with van der Waals surface area (Å²) in [4.78, 5) is 23.4. The predicted octanol–water partition coefficient (Wildman–Crippen LogP) is 3.59. The van der Waals surface area contributed by atoms with Crippen LogP contribution < -0.4 is 10.1 Å². The molecule has 0 spiro atoms. The second-order valence-corrected chi connectivity index (χ2v) is 5.23. The maximum absolute atomic E-state index is 12.7. The number of carbonyl (C=O) groups excluding carboxylic acids is 2. The van der Waals surface area contributed by atoms with Gasteiger partial charge in [0, 0.05) is 23.6 Å². The molecule has 0 unspecified atom stereocenters. The van der Waals surface area contributed by atoms with E-state index in [0.717, 1.165) is 0 Å². The molecule has 1 amide bonds. The molecule has 0 bridgehead atoms. The molecule has 2 aromatic carbocycles. The molecular weight excluding hydrogens is 321 g/mol. The van der Waals surface area contributed by atoms with E-state index in [9.17, 15) is 14.0 Å². The number of carbonyl (C=O) groups is 2. The minimum atomic E-state index is -0.433. The van der Waals surface area contributed by atoms with Crippen LogP contribution in [0.25, 0.3) is 0 Å². The molecule has 0 saturated heterocycles. The first kappa shape index (κ1) is 17.0. The predicted molar refractivity (Wildman–Crippen MR) is 85.1 cm³/mol. The number of ether oxygens (including phenoxy) is 1. The molecule has 0 aromatic heterocycles. The largest absolute Gasteiger partial charge is 0.427 e. The van der Waals surface area contributed by atoms with Crippen molar-refractivity contribution >= 4 is 23.5 Å². The fourth-order valence-electron chi connectivity index (χ4n) is 1.82. The van der Waals surface area contributed by atoms with Gasteiger partial charge < -0.3 is 10.1 Å². The number of halogens is 2. The maximum Gasteiger partial charge on any atom is 0.311 e. The Labute approximate surface area is 138 Å². The summed E-state index contributed by atoms with van der Waals surface area (Å²) < 4.78 is 17.8. The average Bonchev–Trinajstić information content (AvgIpc) is 2.54. The van der Waals surface area contributed by atoms with Gasteiger partial charge in [-0.05, 0) is 55.0 Å². The first-order valence-corrected chi connectivity index (χ1v) is 7.42. The Balaban J connectivity index is 1.68. The molecule has 120 valence electrons. The molecule has 2 rings (SSSR count). The number of amides is 1. The zero-order valence-electron chi connectivity index (χ0n) is 12.2. The summed E-state index contributed by atoms with van der Waals surface area (Å²) >= 11 is 5.75. The Kier molecular flexibility index (Phi) is 6.11. The van der Waals surface area contributed by atoms with Crippen molar-refractivity contribution in [2.45, 2.75) is 12.8 Å². The van der Waals surface area contributed by atoms with E-state index in [1.807, 2.05) is 0 Å². The molecule has 23 heavy (non-hydrogen) atoms. The molecule has 1 N–H and O–H groups in total. The van der Waals surface area contributed by atoms with Crippen molar-refractivity contribution in [1.29, 1.82) is 0 Å². The molecule has 2 aromatic rings. The molecule has 6 heteroatoms. The smallest absolute Gasteiger partial charge is 0.311 e. The molecule has 0 aliphatic rings. The van der Waals surface area contributed by atoms with Crippen molar-refractivity contribution in [2.24, 2.45) is 0 Å². The third kappa shape index (κ3) is 5.71. The van der Waals surface area contributed by atoms with Crippen LogP contribution in [-0.4, -0.2) is 18.4 Å². The van der Waals surface area contributed by atoms with Crippen LogP contribution in [0, 0.1) is 5.82 Å². The zero-order valence-corrected chi connectivity index (χ0v) is 13.0. The van der Waals surface area contributed by atoms with Gasteiger partial charge in [0.1, 0.15) is 11.6 Å². The average molecular weight is 336 g/mol. The van der Waals surface area contributed by atoms with E-state index in [1.165, 1.54) is 24.3 Å². The van der Waals surface area contributed by atoms with Gasteiger partial charge in [0.05, 0.1) is 0 Å². The summed E-state index contributed by atoms with van der Waals surface area (Å²) in [5, 5.41) is 3.27. The number of hydrogen-bond donors (Lipinski definition) is 1. The minimum Gasteiger partial charge on any atom is -0.427 e. The van der Waals surface area contributed by atoms with E-state index in [-0.39, 0.29) is 12.3 Å². The van der Waals surface area contributed by atoms with E-state index in [1.54, 1.807) is 24.3 Å². The second kappa shape index (κ2) is 8.29. The highest BCUT2D eigenvalue weighted by Gasteiger charge is 2.07.